The number of alkyl halides is 3. The number of carbonyl (C=O) groups is 1. The van der Waals surface area contributed by atoms with E-state index < -0.39 is 24.7 Å². The molecule has 2 N–H and O–H groups in total. The van der Waals surface area contributed by atoms with Gasteiger partial charge in [-0.3, -0.25) is 4.79 Å². The fourth-order valence-corrected chi connectivity index (χ4v) is 1.46. The number of phenols is 1. The summed E-state index contributed by atoms with van der Waals surface area (Å²) in [6.07, 6.45) is -7.46. The molecule has 8 heteroatoms. The molecule has 1 aromatic carbocycles. The van der Waals surface area contributed by atoms with Crippen molar-refractivity contribution in [2.24, 2.45) is 0 Å². The van der Waals surface area contributed by atoms with Gasteiger partial charge in [0.2, 0.25) is 0 Å². The molecule has 0 aliphatic carbocycles. The van der Waals surface area contributed by atoms with Gasteiger partial charge in [0.1, 0.15) is 11.5 Å². The Morgan fingerprint density at radius 2 is 2.05 bits per heavy atom. The highest BCUT2D eigenvalue weighted by atomic mass is 19.4. The zero-order valence-electron chi connectivity index (χ0n) is 10.8. The maximum atomic E-state index is 12.2. The molecule has 0 bridgehead atoms. The highest BCUT2D eigenvalue weighted by Gasteiger charge is 2.39. The zero-order valence-corrected chi connectivity index (χ0v) is 10.8. The van der Waals surface area contributed by atoms with E-state index in [1.807, 2.05) is 0 Å². The van der Waals surface area contributed by atoms with E-state index in [9.17, 15) is 23.1 Å². The van der Waals surface area contributed by atoms with E-state index in [1.54, 1.807) is 0 Å². The molecule has 0 saturated heterocycles. The standard InChI is InChI=1S/C12H14F3NO4/c1-16(6-10(18)12(13,14)15)11(19)8-5-7(20-2)3-4-9(8)17/h3-5,10,17-18H,6H2,1-2H3/t10-/m0/s1. The predicted octanol–water partition coefficient (Wildman–Crippen LogP) is 1.40. The molecule has 0 heterocycles. The van der Waals surface area contributed by atoms with Crippen LogP contribution in [0.5, 0.6) is 11.5 Å². The van der Waals surface area contributed by atoms with Gasteiger partial charge in [0.05, 0.1) is 19.2 Å². The van der Waals surface area contributed by atoms with Gasteiger partial charge in [-0.15, -0.1) is 0 Å². The molecule has 0 aliphatic heterocycles. The minimum Gasteiger partial charge on any atom is -0.507 e. The second-order valence-electron chi connectivity index (χ2n) is 4.13. The molecule has 0 radical (unpaired) electrons. The van der Waals surface area contributed by atoms with E-state index in [2.05, 4.69) is 0 Å². The second-order valence-corrected chi connectivity index (χ2v) is 4.13. The summed E-state index contributed by atoms with van der Waals surface area (Å²) in [7, 11) is 2.44. The topological polar surface area (TPSA) is 70.0 Å². The van der Waals surface area contributed by atoms with Crippen LogP contribution >= 0.6 is 0 Å². The Balaban J connectivity index is 2.89. The Kier molecular flexibility index (Phi) is 4.83. The molecule has 1 aromatic rings. The summed E-state index contributed by atoms with van der Waals surface area (Å²) in [5.74, 6) is -0.968. The van der Waals surface area contributed by atoms with E-state index in [4.69, 9.17) is 9.84 Å². The fourth-order valence-electron chi connectivity index (χ4n) is 1.46. The Bertz CT molecular complexity index is 490. The van der Waals surface area contributed by atoms with Crippen molar-refractivity contribution in [3.05, 3.63) is 23.8 Å². The van der Waals surface area contributed by atoms with E-state index >= 15 is 0 Å². The van der Waals surface area contributed by atoms with Crippen LogP contribution in [-0.2, 0) is 0 Å². The summed E-state index contributed by atoms with van der Waals surface area (Å²) in [4.78, 5) is 12.6. The minimum atomic E-state index is -4.81. The number of rotatable bonds is 4. The summed E-state index contributed by atoms with van der Waals surface area (Å²) in [5.41, 5.74) is -0.207. The Labute approximate surface area is 113 Å². The lowest BCUT2D eigenvalue weighted by Crippen LogP contribution is -2.41. The molecule has 0 unspecified atom stereocenters. The normalized spacial score (nSPS) is 12.9. The fraction of sp³-hybridized carbons (Fsp3) is 0.417. The van der Waals surface area contributed by atoms with Crippen LogP contribution in [0.1, 0.15) is 10.4 Å². The molecule has 1 atom stereocenters. The van der Waals surface area contributed by atoms with Gasteiger partial charge < -0.3 is 19.8 Å². The van der Waals surface area contributed by atoms with Crippen LogP contribution < -0.4 is 4.74 Å². The van der Waals surface area contributed by atoms with Crippen molar-refractivity contribution in [1.82, 2.24) is 4.90 Å². The third-order valence-electron chi connectivity index (χ3n) is 2.61. The van der Waals surface area contributed by atoms with Gasteiger partial charge in [0.25, 0.3) is 5.91 Å². The number of carbonyl (C=O) groups excluding carboxylic acids is 1. The number of amides is 1. The third-order valence-corrected chi connectivity index (χ3v) is 2.61. The monoisotopic (exact) mass is 293 g/mol. The molecule has 112 valence electrons. The molecule has 0 saturated carbocycles. The molecule has 0 aliphatic rings. The molecule has 0 spiro atoms. The molecular weight excluding hydrogens is 279 g/mol. The SMILES string of the molecule is COc1ccc(O)c(C(=O)N(C)C[C@H](O)C(F)(F)F)c1. The number of methoxy groups -OCH3 is 1. The van der Waals surface area contributed by atoms with Gasteiger partial charge in [-0.2, -0.15) is 13.2 Å². The number of ether oxygens (including phenoxy) is 1. The van der Waals surface area contributed by atoms with Crippen molar-refractivity contribution in [1.29, 1.82) is 0 Å². The molecule has 0 aromatic heterocycles. The van der Waals surface area contributed by atoms with Crippen molar-refractivity contribution in [3.8, 4) is 11.5 Å². The van der Waals surface area contributed by atoms with Crippen LogP contribution in [0.2, 0.25) is 0 Å². The molecule has 1 rings (SSSR count). The number of nitrogens with zero attached hydrogens (tertiary/aromatic N) is 1. The van der Waals surface area contributed by atoms with E-state index in [1.165, 1.54) is 25.3 Å². The van der Waals surface area contributed by atoms with Crippen LogP contribution in [0.4, 0.5) is 13.2 Å². The number of aliphatic hydroxyl groups excluding tert-OH is 1. The quantitative estimate of drug-likeness (QED) is 0.880. The van der Waals surface area contributed by atoms with Gasteiger partial charge >= 0.3 is 6.18 Å². The van der Waals surface area contributed by atoms with Crippen LogP contribution in [0, 0.1) is 0 Å². The minimum absolute atomic E-state index is 0.207. The van der Waals surface area contributed by atoms with E-state index in [0.717, 1.165) is 7.05 Å². The summed E-state index contributed by atoms with van der Waals surface area (Å²) >= 11 is 0. The maximum Gasteiger partial charge on any atom is 0.416 e. The average Bonchev–Trinajstić information content (AvgIpc) is 2.37. The van der Waals surface area contributed by atoms with Gasteiger partial charge in [0.15, 0.2) is 6.10 Å². The van der Waals surface area contributed by atoms with Gasteiger partial charge in [-0.05, 0) is 18.2 Å². The Hall–Kier alpha value is -1.96. The average molecular weight is 293 g/mol. The van der Waals surface area contributed by atoms with Crippen LogP contribution in [0.25, 0.3) is 0 Å². The molecular formula is C12H14F3NO4. The molecule has 1 amide bonds. The van der Waals surface area contributed by atoms with Gasteiger partial charge in [-0.1, -0.05) is 0 Å². The van der Waals surface area contributed by atoms with Crippen LogP contribution in [0.3, 0.4) is 0 Å². The van der Waals surface area contributed by atoms with Crippen molar-refractivity contribution >= 4 is 5.91 Å². The summed E-state index contributed by atoms with van der Waals surface area (Å²) < 4.78 is 41.5. The lowest BCUT2D eigenvalue weighted by molar-refractivity contribution is -0.205. The number of likely N-dealkylation sites (N-methyl/N-ethyl adjacent to an activating group) is 1. The van der Waals surface area contributed by atoms with Crippen molar-refractivity contribution < 1.29 is 32.9 Å². The zero-order chi connectivity index (χ0) is 15.5. The number of hydrogen-bond acceptors (Lipinski definition) is 4. The van der Waals surface area contributed by atoms with Crippen molar-refractivity contribution in [3.63, 3.8) is 0 Å². The first kappa shape index (κ1) is 16.1. The molecule has 5 nitrogen and oxygen atoms in total. The van der Waals surface area contributed by atoms with E-state index in [-0.39, 0.29) is 17.1 Å². The number of benzene rings is 1. The first-order chi connectivity index (χ1) is 9.16. The lowest BCUT2D eigenvalue weighted by atomic mass is 10.1. The first-order valence-corrected chi connectivity index (χ1v) is 5.54. The highest BCUT2D eigenvalue weighted by Crippen LogP contribution is 2.25. The van der Waals surface area contributed by atoms with Crippen molar-refractivity contribution in [2.75, 3.05) is 20.7 Å². The summed E-state index contributed by atoms with van der Waals surface area (Å²) in [6.45, 7) is -0.932. The van der Waals surface area contributed by atoms with Crippen LogP contribution in [-0.4, -0.2) is 54.0 Å². The van der Waals surface area contributed by atoms with Gasteiger partial charge in [0, 0.05) is 7.05 Å². The third kappa shape index (κ3) is 3.77. The van der Waals surface area contributed by atoms with Gasteiger partial charge in [-0.25, -0.2) is 0 Å². The molecule has 20 heavy (non-hydrogen) atoms. The lowest BCUT2D eigenvalue weighted by Gasteiger charge is -2.22. The van der Waals surface area contributed by atoms with Crippen LogP contribution in [0.15, 0.2) is 18.2 Å². The molecule has 0 fully saturated rings. The van der Waals surface area contributed by atoms with E-state index in [0.29, 0.717) is 4.90 Å². The first-order valence-electron chi connectivity index (χ1n) is 5.54. The number of phenolic OH excluding ortho intramolecular Hbond substituents is 1. The number of halogens is 3. The van der Waals surface area contributed by atoms with Crippen molar-refractivity contribution in [2.45, 2.75) is 12.3 Å². The number of aliphatic hydroxyl groups is 1. The Morgan fingerprint density at radius 1 is 1.45 bits per heavy atom. The number of aromatic hydroxyl groups is 1. The largest absolute Gasteiger partial charge is 0.507 e. The Morgan fingerprint density at radius 3 is 2.55 bits per heavy atom. The predicted molar refractivity (Wildman–Crippen MR) is 63.7 cm³/mol. The summed E-state index contributed by atoms with van der Waals surface area (Å²) in [6, 6.07) is 3.80. The highest BCUT2D eigenvalue weighted by molar-refractivity contribution is 5.97. The smallest absolute Gasteiger partial charge is 0.416 e. The maximum absolute atomic E-state index is 12.2. The summed E-state index contributed by atoms with van der Waals surface area (Å²) in [5, 5.41) is 18.5. The number of hydrogen-bond donors (Lipinski definition) is 2. The second kappa shape index (κ2) is 6.00.